The van der Waals surface area contributed by atoms with Crippen molar-refractivity contribution in [3.63, 3.8) is 0 Å². The summed E-state index contributed by atoms with van der Waals surface area (Å²) in [5, 5.41) is 3.94. The molecule has 1 aromatic carbocycles. The van der Waals surface area contributed by atoms with Crippen LogP contribution in [0.5, 0.6) is 0 Å². The van der Waals surface area contributed by atoms with Crippen molar-refractivity contribution in [3.8, 4) is 23.0 Å². The third kappa shape index (κ3) is 2.53. The van der Waals surface area contributed by atoms with E-state index in [1.807, 2.05) is 12.1 Å². The number of ether oxygens (including phenoxy) is 1. The molecule has 4 rings (SSSR count). The second kappa shape index (κ2) is 5.73. The van der Waals surface area contributed by atoms with E-state index in [9.17, 15) is 0 Å². The maximum atomic E-state index is 5.57. The van der Waals surface area contributed by atoms with Crippen molar-refractivity contribution in [2.75, 3.05) is 13.2 Å². The molecule has 2 aromatic heterocycles. The van der Waals surface area contributed by atoms with Crippen LogP contribution >= 0.6 is 0 Å². The first-order valence-corrected chi connectivity index (χ1v) is 7.30. The molecular weight excluding hydrogens is 282 g/mol. The Bertz CT molecular complexity index is 746. The lowest BCUT2D eigenvalue weighted by Gasteiger charge is -2.22. The van der Waals surface area contributed by atoms with Crippen molar-refractivity contribution in [1.29, 1.82) is 0 Å². The fourth-order valence-corrected chi connectivity index (χ4v) is 2.70. The fraction of sp³-hybridized carbons (Fsp3) is 0.312. The highest BCUT2D eigenvalue weighted by molar-refractivity contribution is 5.57. The summed E-state index contributed by atoms with van der Waals surface area (Å²) in [4.78, 5) is 8.39. The van der Waals surface area contributed by atoms with Crippen molar-refractivity contribution in [2.24, 2.45) is 0 Å². The summed E-state index contributed by atoms with van der Waals surface area (Å²) in [5.41, 5.74) is 2.72. The quantitative estimate of drug-likeness (QED) is 0.738. The highest BCUT2D eigenvalue weighted by Crippen LogP contribution is 2.29. The Morgan fingerprint density at radius 1 is 1.23 bits per heavy atom. The summed E-state index contributed by atoms with van der Waals surface area (Å²) in [6.07, 6.45) is 5.09. The molecule has 22 heavy (non-hydrogen) atoms. The first-order chi connectivity index (χ1) is 10.9. The van der Waals surface area contributed by atoms with Gasteiger partial charge < -0.3 is 13.7 Å². The van der Waals surface area contributed by atoms with Gasteiger partial charge in [0.25, 0.3) is 5.89 Å². The average molecular weight is 297 g/mol. The van der Waals surface area contributed by atoms with Crippen LogP contribution in [-0.2, 0) is 4.74 Å². The molecule has 0 bridgehead atoms. The van der Waals surface area contributed by atoms with Gasteiger partial charge in [-0.25, -0.2) is 4.98 Å². The molecule has 6 nitrogen and oxygen atoms in total. The number of hydrogen-bond donors (Lipinski definition) is 0. The molecule has 6 heteroatoms. The van der Waals surface area contributed by atoms with Crippen LogP contribution in [0.4, 0.5) is 0 Å². The second-order valence-electron chi connectivity index (χ2n) is 5.34. The second-order valence-corrected chi connectivity index (χ2v) is 5.34. The summed E-state index contributed by atoms with van der Waals surface area (Å²) < 4.78 is 15.8. The Balaban J connectivity index is 1.62. The number of rotatable bonds is 3. The molecule has 0 amide bonds. The number of nitrogens with zero attached hydrogens (tertiary/aromatic N) is 3. The van der Waals surface area contributed by atoms with Gasteiger partial charge in [0, 0.05) is 18.1 Å². The highest BCUT2D eigenvalue weighted by atomic mass is 16.5. The molecule has 3 aromatic rings. The molecule has 1 fully saturated rings. The smallest absolute Gasteiger partial charge is 0.258 e. The Hall–Kier alpha value is -2.47. The molecule has 1 saturated heterocycles. The van der Waals surface area contributed by atoms with E-state index in [1.165, 1.54) is 18.2 Å². The number of hydrogen-bond acceptors (Lipinski definition) is 6. The van der Waals surface area contributed by atoms with E-state index in [-0.39, 0.29) is 0 Å². The van der Waals surface area contributed by atoms with Crippen LogP contribution in [-0.4, -0.2) is 28.3 Å². The first-order valence-electron chi connectivity index (χ1n) is 7.30. The van der Waals surface area contributed by atoms with Crippen LogP contribution in [0.15, 0.2) is 45.9 Å². The minimum Gasteiger partial charge on any atom is -0.451 e. The van der Waals surface area contributed by atoms with E-state index in [1.54, 1.807) is 0 Å². The SMILES string of the molecule is c1cc(-c2nc(-c3cocn3)no2)cc(C2CCCOC2)c1. The lowest BCUT2D eigenvalue weighted by molar-refractivity contribution is 0.0804. The van der Waals surface area contributed by atoms with Crippen molar-refractivity contribution < 1.29 is 13.7 Å². The van der Waals surface area contributed by atoms with Gasteiger partial charge in [-0.15, -0.1) is 0 Å². The molecule has 0 radical (unpaired) electrons. The summed E-state index contributed by atoms with van der Waals surface area (Å²) in [5.74, 6) is 1.35. The third-order valence-electron chi connectivity index (χ3n) is 3.85. The lowest BCUT2D eigenvalue weighted by Crippen LogP contribution is -2.15. The van der Waals surface area contributed by atoms with Crippen molar-refractivity contribution in [3.05, 3.63) is 42.5 Å². The van der Waals surface area contributed by atoms with Crippen LogP contribution in [0.25, 0.3) is 23.0 Å². The van der Waals surface area contributed by atoms with Crippen LogP contribution in [0.1, 0.15) is 24.3 Å². The zero-order valence-electron chi connectivity index (χ0n) is 11.9. The Morgan fingerprint density at radius 3 is 3.05 bits per heavy atom. The molecule has 112 valence electrons. The molecule has 1 aliphatic rings. The van der Waals surface area contributed by atoms with Crippen LogP contribution in [0, 0.1) is 0 Å². The van der Waals surface area contributed by atoms with Gasteiger partial charge >= 0.3 is 0 Å². The van der Waals surface area contributed by atoms with Gasteiger partial charge in [0.05, 0.1) is 6.61 Å². The van der Waals surface area contributed by atoms with Gasteiger partial charge in [-0.3, -0.25) is 0 Å². The van der Waals surface area contributed by atoms with Gasteiger partial charge in [-0.2, -0.15) is 4.98 Å². The number of oxazole rings is 1. The molecule has 0 N–H and O–H groups in total. The van der Waals surface area contributed by atoms with E-state index >= 15 is 0 Å². The normalized spacial score (nSPS) is 18.5. The number of benzene rings is 1. The standard InChI is InChI=1S/C16H15N3O3/c1-3-11(13-5-2-6-20-8-13)7-12(4-1)16-18-15(19-22-16)14-9-21-10-17-14/h1,3-4,7,9-10,13H,2,5-6,8H2. The molecular formula is C16H15N3O3. The highest BCUT2D eigenvalue weighted by Gasteiger charge is 2.18. The molecule has 1 unspecified atom stereocenters. The third-order valence-corrected chi connectivity index (χ3v) is 3.85. The molecule has 0 spiro atoms. The van der Waals surface area contributed by atoms with Gasteiger partial charge in [-0.1, -0.05) is 17.3 Å². The Labute approximate surface area is 127 Å². The van der Waals surface area contributed by atoms with E-state index in [0.29, 0.717) is 23.3 Å². The summed E-state index contributed by atoms with van der Waals surface area (Å²) >= 11 is 0. The van der Waals surface area contributed by atoms with E-state index in [2.05, 4.69) is 27.3 Å². The fourth-order valence-electron chi connectivity index (χ4n) is 2.70. The summed E-state index contributed by atoms with van der Waals surface area (Å²) in [7, 11) is 0. The monoisotopic (exact) mass is 297 g/mol. The van der Waals surface area contributed by atoms with Crippen molar-refractivity contribution in [1.82, 2.24) is 15.1 Å². The van der Waals surface area contributed by atoms with E-state index in [4.69, 9.17) is 13.7 Å². The van der Waals surface area contributed by atoms with Gasteiger partial charge in [0.15, 0.2) is 6.39 Å². The Kier molecular flexibility index (Phi) is 3.44. The maximum Gasteiger partial charge on any atom is 0.258 e. The van der Waals surface area contributed by atoms with Gasteiger partial charge in [0.2, 0.25) is 5.82 Å². The molecule has 0 saturated carbocycles. The van der Waals surface area contributed by atoms with Gasteiger partial charge in [0.1, 0.15) is 12.0 Å². The van der Waals surface area contributed by atoms with Gasteiger partial charge in [-0.05, 0) is 30.5 Å². The van der Waals surface area contributed by atoms with Crippen LogP contribution in [0.3, 0.4) is 0 Å². The first kappa shape index (κ1) is 13.2. The van der Waals surface area contributed by atoms with Crippen molar-refractivity contribution >= 4 is 0 Å². The van der Waals surface area contributed by atoms with Crippen LogP contribution in [0.2, 0.25) is 0 Å². The zero-order chi connectivity index (χ0) is 14.8. The largest absolute Gasteiger partial charge is 0.451 e. The van der Waals surface area contributed by atoms with E-state index < -0.39 is 0 Å². The lowest BCUT2D eigenvalue weighted by atomic mass is 9.92. The Morgan fingerprint density at radius 2 is 2.23 bits per heavy atom. The summed E-state index contributed by atoms with van der Waals surface area (Å²) in [6, 6.07) is 8.20. The predicted molar refractivity (Wildman–Crippen MR) is 78.0 cm³/mol. The average Bonchev–Trinajstić information content (AvgIpc) is 3.27. The maximum absolute atomic E-state index is 5.57. The predicted octanol–water partition coefficient (Wildman–Crippen LogP) is 3.29. The molecule has 0 aliphatic carbocycles. The van der Waals surface area contributed by atoms with E-state index in [0.717, 1.165) is 31.6 Å². The van der Waals surface area contributed by atoms with Crippen molar-refractivity contribution in [2.45, 2.75) is 18.8 Å². The van der Waals surface area contributed by atoms with Crippen LogP contribution < -0.4 is 0 Å². The summed E-state index contributed by atoms with van der Waals surface area (Å²) in [6.45, 7) is 1.64. The zero-order valence-corrected chi connectivity index (χ0v) is 11.9. The molecule has 3 heterocycles. The molecule has 1 atom stereocenters. The minimum atomic E-state index is 0.426. The topological polar surface area (TPSA) is 74.2 Å². The number of aromatic nitrogens is 3. The minimum absolute atomic E-state index is 0.426. The molecule has 1 aliphatic heterocycles.